The summed E-state index contributed by atoms with van der Waals surface area (Å²) in [5, 5.41) is 3.46. The van der Waals surface area contributed by atoms with Gasteiger partial charge in [-0.05, 0) is 52.0 Å². The molecule has 1 N–H and O–H groups in total. The van der Waals surface area contributed by atoms with Crippen LogP contribution in [0, 0.1) is 5.92 Å². The van der Waals surface area contributed by atoms with E-state index in [2.05, 4.69) is 49.1 Å². The van der Waals surface area contributed by atoms with Crippen molar-refractivity contribution in [3.05, 3.63) is 23.7 Å². The lowest BCUT2D eigenvalue weighted by Gasteiger charge is -2.31. The standard InChI is InChI=1S/C17H31N3O/c1-14(2)18-11-16-7-10-21-17(16)13-20(4)12-15-5-8-19(3)9-6-15/h7,10,14-15,18H,5-6,8-9,11-13H2,1-4H3. The smallest absolute Gasteiger partial charge is 0.122 e. The van der Waals surface area contributed by atoms with E-state index >= 15 is 0 Å². The topological polar surface area (TPSA) is 31.7 Å². The highest BCUT2D eigenvalue weighted by molar-refractivity contribution is 5.16. The number of hydrogen-bond acceptors (Lipinski definition) is 4. The van der Waals surface area contributed by atoms with Crippen LogP contribution in [-0.4, -0.2) is 49.6 Å². The van der Waals surface area contributed by atoms with Crippen molar-refractivity contribution in [3.8, 4) is 0 Å². The lowest BCUT2D eigenvalue weighted by atomic mass is 9.96. The van der Waals surface area contributed by atoms with Gasteiger partial charge in [-0.2, -0.15) is 0 Å². The van der Waals surface area contributed by atoms with Gasteiger partial charge >= 0.3 is 0 Å². The van der Waals surface area contributed by atoms with Gasteiger partial charge in [0.1, 0.15) is 5.76 Å². The number of piperidine rings is 1. The minimum absolute atomic E-state index is 0.504. The molecule has 0 amide bonds. The fourth-order valence-electron chi connectivity index (χ4n) is 2.97. The first-order valence-corrected chi connectivity index (χ1v) is 8.20. The van der Waals surface area contributed by atoms with Gasteiger partial charge in [-0.25, -0.2) is 0 Å². The summed E-state index contributed by atoms with van der Waals surface area (Å²) in [6.45, 7) is 9.80. The highest BCUT2D eigenvalue weighted by Crippen LogP contribution is 2.19. The maximum Gasteiger partial charge on any atom is 0.122 e. The quantitative estimate of drug-likeness (QED) is 0.837. The van der Waals surface area contributed by atoms with Crippen molar-refractivity contribution in [2.75, 3.05) is 33.7 Å². The highest BCUT2D eigenvalue weighted by Gasteiger charge is 2.19. The molecular formula is C17H31N3O. The normalized spacial score (nSPS) is 18.0. The molecule has 4 heteroatoms. The molecule has 1 saturated heterocycles. The Kier molecular flexibility index (Phi) is 6.27. The zero-order valence-corrected chi connectivity index (χ0v) is 14.1. The van der Waals surface area contributed by atoms with E-state index in [0.29, 0.717) is 6.04 Å². The van der Waals surface area contributed by atoms with Crippen molar-refractivity contribution in [2.45, 2.75) is 45.8 Å². The number of furan rings is 1. The molecule has 0 atom stereocenters. The second kappa shape index (κ2) is 7.97. The Morgan fingerprint density at radius 2 is 2.10 bits per heavy atom. The van der Waals surface area contributed by atoms with E-state index in [4.69, 9.17) is 4.42 Å². The maximum absolute atomic E-state index is 5.68. The molecule has 1 aliphatic heterocycles. The fraction of sp³-hybridized carbons (Fsp3) is 0.765. The molecule has 4 nitrogen and oxygen atoms in total. The Morgan fingerprint density at radius 1 is 1.38 bits per heavy atom. The third-order valence-electron chi connectivity index (χ3n) is 4.36. The average molecular weight is 293 g/mol. The SMILES string of the molecule is CC(C)NCc1ccoc1CN(C)CC1CCN(C)CC1. The van der Waals surface area contributed by atoms with Crippen molar-refractivity contribution < 1.29 is 4.42 Å². The molecule has 1 aliphatic rings. The number of rotatable bonds is 7. The minimum Gasteiger partial charge on any atom is -0.468 e. The first-order chi connectivity index (χ1) is 10.0. The average Bonchev–Trinajstić information content (AvgIpc) is 2.86. The van der Waals surface area contributed by atoms with Gasteiger partial charge in [0.05, 0.1) is 12.8 Å². The fourth-order valence-corrected chi connectivity index (χ4v) is 2.97. The summed E-state index contributed by atoms with van der Waals surface area (Å²) < 4.78 is 5.68. The highest BCUT2D eigenvalue weighted by atomic mass is 16.3. The molecule has 0 aromatic carbocycles. The van der Waals surface area contributed by atoms with Gasteiger partial charge in [0, 0.05) is 24.7 Å². The van der Waals surface area contributed by atoms with Crippen LogP contribution in [0.5, 0.6) is 0 Å². The molecule has 1 aromatic heterocycles. The van der Waals surface area contributed by atoms with Crippen molar-refractivity contribution >= 4 is 0 Å². The van der Waals surface area contributed by atoms with Crippen molar-refractivity contribution in [2.24, 2.45) is 5.92 Å². The van der Waals surface area contributed by atoms with Crippen molar-refractivity contribution in [1.82, 2.24) is 15.1 Å². The minimum atomic E-state index is 0.504. The second-order valence-electron chi connectivity index (χ2n) is 6.85. The van der Waals surface area contributed by atoms with Gasteiger partial charge in [0.2, 0.25) is 0 Å². The molecule has 0 bridgehead atoms. The number of hydrogen-bond donors (Lipinski definition) is 1. The van der Waals surface area contributed by atoms with Gasteiger partial charge in [-0.1, -0.05) is 13.8 Å². The molecular weight excluding hydrogens is 262 g/mol. The van der Waals surface area contributed by atoms with Crippen LogP contribution >= 0.6 is 0 Å². The van der Waals surface area contributed by atoms with E-state index in [9.17, 15) is 0 Å². The molecule has 120 valence electrons. The summed E-state index contributed by atoms with van der Waals surface area (Å²) in [5.74, 6) is 1.94. The molecule has 0 unspecified atom stereocenters. The number of likely N-dealkylation sites (tertiary alicyclic amines) is 1. The van der Waals surface area contributed by atoms with E-state index < -0.39 is 0 Å². The molecule has 0 aliphatic carbocycles. The summed E-state index contributed by atoms with van der Waals surface area (Å²) >= 11 is 0. The predicted molar refractivity (Wildman–Crippen MR) is 87.2 cm³/mol. The molecule has 0 spiro atoms. The Labute approximate surface area is 129 Å². The van der Waals surface area contributed by atoms with Crippen LogP contribution in [0.1, 0.15) is 38.0 Å². The van der Waals surface area contributed by atoms with Crippen molar-refractivity contribution in [1.29, 1.82) is 0 Å². The Morgan fingerprint density at radius 3 is 2.76 bits per heavy atom. The molecule has 0 saturated carbocycles. The van der Waals surface area contributed by atoms with Crippen LogP contribution in [0.4, 0.5) is 0 Å². The summed E-state index contributed by atoms with van der Waals surface area (Å²) in [4.78, 5) is 4.84. The van der Waals surface area contributed by atoms with Gasteiger partial charge in [0.25, 0.3) is 0 Å². The number of nitrogens with one attached hydrogen (secondary N) is 1. The van der Waals surface area contributed by atoms with E-state index in [-0.39, 0.29) is 0 Å². The largest absolute Gasteiger partial charge is 0.468 e. The third kappa shape index (κ3) is 5.46. The second-order valence-corrected chi connectivity index (χ2v) is 6.85. The Balaban J connectivity index is 1.79. The van der Waals surface area contributed by atoms with E-state index in [1.165, 1.54) is 38.0 Å². The first kappa shape index (κ1) is 16.5. The van der Waals surface area contributed by atoms with Crippen LogP contribution in [0.3, 0.4) is 0 Å². The van der Waals surface area contributed by atoms with Gasteiger partial charge in [-0.15, -0.1) is 0 Å². The molecule has 1 fully saturated rings. The predicted octanol–water partition coefficient (Wildman–Crippen LogP) is 2.55. The zero-order valence-electron chi connectivity index (χ0n) is 14.1. The Bertz CT molecular complexity index is 408. The molecule has 2 rings (SSSR count). The number of nitrogens with zero attached hydrogens (tertiary/aromatic N) is 2. The van der Waals surface area contributed by atoms with Crippen molar-refractivity contribution in [3.63, 3.8) is 0 Å². The summed E-state index contributed by atoms with van der Waals surface area (Å²) in [6, 6.07) is 2.60. The first-order valence-electron chi connectivity index (χ1n) is 8.20. The van der Waals surface area contributed by atoms with Crippen LogP contribution in [0.15, 0.2) is 16.7 Å². The summed E-state index contributed by atoms with van der Waals surface area (Å²) in [7, 11) is 4.43. The lowest BCUT2D eigenvalue weighted by Crippen LogP contribution is -2.35. The molecule has 1 aromatic rings. The molecule has 0 radical (unpaired) electrons. The zero-order chi connectivity index (χ0) is 15.2. The van der Waals surface area contributed by atoms with Crippen LogP contribution in [-0.2, 0) is 13.1 Å². The van der Waals surface area contributed by atoms with E-state index in [1.54, 1.807) is 0 Å². The Hall–Kier alpha value is -0.840. The van der Waals surface area contributed by atoms with Gasteiger partial charge in [-0.3, -0.25) is 4.90 Å². The summed E-state index contributed by atoms with van der Waals surface area (Å²) in [6.07, 6.45) is 4.46. The third-order valence-corrected chi connectivity index (χ3v) is 4.36. The van der Waals surface area contributed by atoms with Crippen LogP contribution < -0.4 is 5.32 Å². The van der Waals surface area contributed by atoms with Gasteiger partial charge in [0.15, 0.2) is 0 Å². The van der Waals surface area contributed by atoms with Crippen LogP contribution in [0.25, 0.3) is 0 Å². The molecule has 21 heavy (non-hydrogen) atoms. The van der Waals surface area contributed by atoms with E-state index in [1.807, 2.05) is 6.26 Å². The molecule has 2 heterocycles. The van der Waals surface area contributed by atoms with E-state index in [0.717, 1.165) is 24.8 Å². The monoisotopic (exact) mass is 293 g/mol. The van der Waals surface area contributed by atoms with Crippen LogP contribution in [0.2, 0.25) is 0 Å². The maximum atomic E-state index is 5.68. The lowest BCUT2D eigenvalue weighted by molar-refractivity contribution is 0.168. The van der Waals surface area contributed by atoms with Gasteiger partial charge < -0.3 is 14.6 Å². The summed E-state index contributed by atoms with van der Waals surface area (Å²) in [5.41, 5.74) is 1.29.